The first kappa shape index (κ1) is 20.1. The molecular weight excluding hydrogens is 365 g/mol. The molecule has 2 rings (SSSR count). The van der Waals surface area contributed by atoms with E-state index >= 15 is 0 Å². The van der Waals surface area contributed by atoms with Crippen molar-refractivity contribution in [1.29, 1.82) is 0 Å². The van der Waals surface area contributed by atoms with Crippen LogP contribution in [0.5, 0.6) is 11.5 Å². The first-order valence-electron chi connectivity index (χ1n) is 7.85. The van der Waals surface area contributed by atoms with Gasteiger partial charge in [0.05, 0.1) is 0 Å². The second kappa shape index (κ2) is 8.43. The average Bonchev–Trinajstić information content (AvgIpc) is 2.61. The predicted molar refractivity (Wildman–Crippen MR) is 91.2 cm³/mol. The van der Waals surface area contributed by atoms with E-state index in [1.807, 2.05) is 0 Å². The van der Waals surface area contributed by atoms with Gasteiger partial charge in [0.2, 0.25) is 0 Å². The molecule has 0 aliphatic heterocycles. The molecule has 27 heavy (non-hydrogen) atoms. The van der Waals surface area contributed by atoms with Crippen LogP contribution < -0.4 is 15.4 Å². The number of phenols is 1. The Morgan fingerprint density at radius 2 is 1.81 bits per heavy atom. The average molecular weight is 382 g/mol. The summed E-state index contributed by atoms with van der Waals surface area (Å²) in [6.07, 6.45) is -5.81. The van der Waals surface area contributed by atoms with Gasteiger partial charge in [0.15, 0.2) is 6.10 Å². The van der Waals surface area contributed by atoms with Crippen molar-refractivity contribution in [2.45, 2.75) is 25.7 Å². The molecule has 2 amide bonds. The molecule has 0 aliphatic rings. The van der Waals surface area contributed by atoms with Crippen LogP contribution in [-0.2, 0) is 16.1 Å². The molecular formula is C18H17F3N2O4. The fourth-order valence-electron chi connectivity index (χ4n) is 2.07. The highest BCUT2D eigenvalue weighted by molar-refractivity contribution is 5.94. The van der Waals surface area contributed by atoms with Crippen molar-refractivity contribution in [3.8, 4) is 11.5 Å². The molecule has 1 unspecified atom stereocenters. The zero-order valence-corrected chi connectivity index (χ0v) is 14.2. The second-order valence-electron chi connectivity index (χ2n) is 5.62. The van der Waals surface area contributed by atoms with Gasteiger partial charge in [-0.2, -0.15) is 13.2 Å². The van der Waals surface area contributed by atoms with Gasteiger partial charge in [-0.1, -0.05) is 12.1 Å². The maximum Gasteiger partial charge on any atom is 0.471 e. The fraction of sp³-hybridized carbons (Fsp3) is 0.222. The molecule has 144 valence electrons. The van der Waals surface area contributed by atoms with Gasteiger partial charge in [0.25, 0.3) is 5.91 Å². The highest BCUT2D eigenvalue weighted by Crippen LogP contribution is 2.18. The molecule has 0 bridgehead atoms. The molecule has 9 heteroatoms. The van der Waals surface area contributed by atoms with Crippen LogP contribution in [0.2, 0.25) is 0 Å². The third kappa shape index (κ3) is 6.21. The van der Waals surface area contributed by atoms with Gasteiger partial charge in [-0.3, -0.25) is 9.59 Å². The predicted octanol–water partition coefficient (Wildman–Crippen LogP) is 2.98. The second-order valence-corrected chi connectivity index (χ2v) is 5.62. The summed E-state index contributed by atoms with van der Waals surface area (Å²) in [4.78, 5) is 23.0. The first-order chi connectivity index (χ1) is 12.6. The Morgan fingerprint density at radius 1 is 1.15 bits per heavy atom. The largest absolute Gasteiger partial charge is 0.508 e. The molecule has 0 radical (unpaired) electrons. The topological polar surface area (TPSA) is 87.7 Å². The van der Waals surface area contributed by atoms with E-state index < -0.39 is 24.1 Å². The summed E-state index contributed by atoms with van der Waals surface area (Å²) in [6.45, 7) is 1.19. The number of alkyl halides is 3. The van der Waals surface area contributed by atoms with Gasteiger partial charge < -0.3 is 20.5 Å². The van der Waals surface area contributed by atoms with E-state index in [1.54, 1.807) is 11.4 Å². The molecule has 2 aromatic carbocycles. The Hall–Kier alpha value is -3.23. The molecule has 0 aromatic heterocycles. The number of carbonyl (C=O) groups excluding carboxylic acids is 2. The Balaban J connectivity index is 1.93. The van der Waals surface area contributed by atoms with Crippen LogP contribution in [-0.4, -0.2) is 29.2 Å². The SMILES string of the molecule is CC(Oc1ccc(O)cc1)C(=O)Nc1cccc(CNC(=O)C(F)(F)F)c1. The molecule has 0 spiro atoms. The number of halogens is 3. The summed E-state index contributed by atoms with van der Waals surface area (Å²) >= 11 is 0. The van der Waals surface area contributed by atoms with Gasteiger partial charge in [-0.15, -0.1) is 0 Å². The molecule has 0 saturated carbocycles. The lowest BCUT2D eigenvalue weighted by molar-refractivity contribution is -0.173. The van der Waals surface area contributed by atoms with E-state index in [2.05, 4.69) is 5.32 Å². The number of amides is 2. The number of aromatic hydroxyl groups is 1. The number of hydrogen-bond acceptors (Lipinski definition) is 4. The summed E-state index contributed by atoms with van der Waals surface area (Å²) in [5.74, 6) is -2.06. The van der Waals surface area contributed by atoms with Crippen LogP contribution in [0.1, 0.15) is 12.5 Å². The lowest BCUT2D eigenvalue weighted by Crippen LogP contribution is -2.36. The number of phenolic OH excluding ortho intramolecular Hbond substituents is 1. The van der Waals surface area contributed by atoms with E-state index in [0.717, 1.165) is 0 Å². The monoisotopic (exact) mass is 382 g/mol. The smallest absolute Gasteiger partial charge is 0.471 e. The van der Waals surface area contributed by atoms with Crippen molar-refractivity contribution in [3.05, 3.63) is 54.1 Å². The highest BCUT2D eigenvalue weighted by Gasteiger charge is 2.38. The number of rotatable bonds is 6. The van der Waals surface area contributed by atoms with Crippen LogP contribution in [0.15, 0.2) is 48.5 Å². The van der Waals surface area contributed by atoms with Crippen molar-refractivity contribution in [2.24, 2.45) is 0 Å². The summed E-state index contributed by atoms with van der Waals surface area (Å²) in [7, 11) is 0. The lowest BCUT2D eigenvalue weighted by Gasteiger charge is -2.15. The third-order valence-corrected chi connectivity index (χ3v) is 3.42. The Bertz CT molecular complexity index is 807. The molecule has 0 fully saturated rings. The van der Waals surface area contributed by atoms with Gasteiger partial charge in [0, 0.05) is 12.2 Å². The van der Waals surface area contributed by atoms with Crippen molar-refractivity contribution >= 4 is 17.5 Å². The number of nitrogens with one attached hydrogen (secondary N) is 2. The zero-order chi connectivity index (χ0) is 20.0. The van der Waals surface area contributed by atoms with Crippen LogP contribution in [0.25, 0.3) is 0 Å². The lowest BCUT2D eigenvalue weighted by atomic mass is 10.2. The van der Waals surface area contributed by atoms with Crippen molar-refractivity contribution < 1.29 is 32.6 Å². The number of anilines is 1. The maximum atomic E-state index is 12.2. The van der Waals surface area contributed by atoms with Crippen LogP contribution >= 0.6 is 0 Å². The summed E-state index contributed by atoms with van der Waals surface area (Å²) in [6, 6.07) is 11.9. The maximum absolute atomic E-state index is 12.2. The number of benzene rings is 2. The standard InChI is InChI=1S/C18H17F3N2O4/c1-11(27-15-7-5-14(24)6-8-15)16(25)23-13-4-2-3-12(9-13)10-22-17(26)18(19,20)21/h2-9,11,24H,10H2,1H3,(H,22,26)(H,23,25). The Kier molecular flexibility index (Phi) is 6.27. The molecule has 3 N–H and O–H groups in total. The summed E-state index contributed by atoms with van der Waals surface area (Å²) in [5.41, 5.74) is 0.734. The van der Waals surface area contributed by atoms with E-state index in [1.165, 1.54) is 49.4 Å². The molecule has 0 saturated heterocycles. The minimum absolute atomic E-state index is 0.0638. The molecule has 6 nitrogen and oxygen atoms in total. The highest BCUT2D eigenvalue weighted by atomic mass is 19.4. The van der Waals surface area contributed by atoms with Crippen molar-refractivity contribution in [1.82, 2.24) is 5.32 Å². The Morgan fingerprint density at radius 3 is 2.44 bits per heavy atom. The quantitative estimate of drug-likeness (QED) is 0.717. The minimum atomic E-state index is -4.95. The molecule has 0 aliphatic carbocycles. The first-order valence-corrected chi connectivity index (χ1v) is 7.85. The van der Waals surface area contributed by atoms with Crippen molar-refractivity contribution in [2.75, 3.05) is 5.32 Å². The van der Waals surface area contributed by atoms with E-state index in [4.69, 9.17) is 4.74 Å². The summed E-state index contributed by atoms with van der Waals surface area (Å²) in [5, 5.41) is 13.6. The number of hydrogen-bond donors (Lipinski definition) is 3. The number of ether oxygens (including phenoxy) is 1. The zero-order valence-electron chi connectivity index (χ0n) is 14.2. The Labute approximate surface area is 153 Å². The molecule has 1 atom stereocenters. The summed E-state index contributed by atoms with van der Waals surface area (Å²) < 4.78 is 42.0. The van der Waals surface area contributed by atoms with Gasteiger partial charge in [0.1, 0.15) is 11.5 Å². The molecule has 2 aromatic rings. The normalized spacial score (nSPS) is 12.1. The van der Waals surface area contributed by atoms with Crippen LogP contribution in [0.4, 0.5) is 18.9 Å². The van der Waals surface area contributed by atoms with E-state index in [9.17, 15) is 27.9 Å². The van der Waals surface area contributed by atoms with Gasteiger partial charge in [-0.25, -0.2) is 0 Å². The van der Waals surface area contributed by atoms with E-state index in [-0.39, 0.29) is 12.3 Å². The minimum Gasteiger partial charge on any atom is -0.508 e. The third-order valence-electron chi connectivity index (χ3n) is 3.42. The van der Waals surface area contributed by atoms with Crippen LogP contribution in [0.3, 0.4) is 0 Å². The molecule has 0 heterocycles. The van der Waals surface area contributed by atoms with Crippen molar-refractivity contribution in [3.63, 3.8) is 0 Å². The van der Waals surface area contributed by atoms with E-state index in [0.29, 0.717) is 17.0 Å². The van der Waals surface area contributed by atoms with Crippen LogP contribution in [0, 0.1) is 0 Å². The fourth-order valence-corrected chi connectivity index (χ4v) is 2.07. The van der Waals surface area contributed by atoms with Gasteiger partial charge in [-0.05, 0) is 48.9 Å². The van der Waals surface area contributed by atoms with Gasteiger partial charge >= 0.3 is 12.1 Å². The number of carbonyl (C=O) groups is 2.